The molecule has 0 radical (unpaired) electrons. The standard InChI is InChI=1S/C13H12N2O3S/c1-14-13-15(9-6-4-3-5-7-9)11(16)8-10(19-13)12(17)18-2/h3-8H,1-2H3. The van der Waals surface area contributed by atoms with E-state index in [9.17, 15) is 9.59 Å². The summed E-state index contributed by atoms with van der Waals surface area (Å²) in [6.45, 7) is 0. The smallest absolute Gasteiger partial charge is 0.348 e. The largest absolute Gasteiger partial charge is 0.465 e. The molecular weight excluding hydrogens is 264 g/mol. The van der Waals surface area contributed by atoms with Crippen LogP contribution in [-0.4, -0.2) is 24.7 Å². The molecule has 19 heavy (non-hydrogen) atoms. The van der Waals surface area contributed by atoms with Crippen LogP contribution in [0.3, 0.4) is 0 Å². The number of methoxy groups -OCH3 is 1. The summed E-state index contributed by atoms with van der Waals surface area (Å²) < 4.78 is 6.07. The van der Waals surface area contributed by atoms with Crippen molar-refractivity contribution in [3.05, 3.63) is 56.4 Å². The number of para-hydroxylation sites is 1. The first-order valence-electron chi connectivity index (χ1n) is 5.51. The fourth-order valence-electron chi connectivity index (χ4n) is 1.61. The molecular formula is C13H12N2O3S. The normalized spacial score (nSPS) is 11.4. The summed E-state index contributed by atoms with van der Waals surface area (Å²) in [4.78, 5) is 28.4. The number of benzene rings is 1. The zero-order valence-corrected chi connectivity index (χ0v) is 11.3. The number of carbonyl (C=O) groups is 1. The maximum Gasteiger partial charge on any atom is 0.348 e. The third-order valence-electron chi connectivity index (χ3n) is 2.46. The second kappa shape index (κ2) is 5.62. The highest BCUT2D eigenvalue weighted by Gasteiger charge is 2.11. The number of carbonyl (C=O) groups excluding carboxylic acids is 1. The van der Waals surface area contributed by atoms with Crippen LogP contribution in [0.2, 0.25) is 0 Å². The van der Waals surface area contributed by atoms with Gasteiger partial charge in [-0.1, -0.05) is 29.5 Å². The Labute approximate surface area is 113 Å². The van der Waals surface area contributed by atoms with Gasteiger partial charge in [0.1, 0.15) is 4.88 Å². The first kappa shape index (κ1) is 13.2. The van der Waals surface area contributed by atoms with Gasteiger partial charge in [-0.25, -0.2) is 4.79 Å². The Balaban J connectivity index is 2.72. The Morgan fingerprint density at radius 2 is 2.00 bits per heavy atom. The molecule has 6 heteroatoms. The second-order valence-electron chi connectivity index (χ2n) is 3.62. The first-order valence-corrected chi connectivity index (χ1v) is 6.33. The van der Waals surface area contributed by atoms with Crippen LogP contribution >= 0.6 is 11.3 Å². The molecule has 98 valence electrons. The molecule has 0 amide bonds. The summed E-state index contributed by atoms with van der Waals surface area (Å²) in [6, 6.07) is 10.4. The Morgan fingerprint density at radius 3 is 2.58 bits per heavy atom. The van der Waals surface area contributed by atoms with E-state index in [1.165, 1.54) is 17.7 Å². The summed E-state index contributed by atoms with van der Waals surface area (Å²) in [7, 11) is 2.85. The molecule has 1 aromatic carbocycles. The summed E-state index contributed by atoms with van der Waals surface area (Å²) in [6.07, 6.45) is 0. The summed E-state index contributed by atoms with van der Waals surface area (Å²) in [5.74, 6) is -0.535. The minimum Gasteiger partial charge on any atom is -0.465 e. The number of ether oxygens (including phenoxy) is 1. The molecule has 0 aliphatic rings. The fourth-order valence-corrected chi connectivity index (χ4v) is 2.51. The Bertz CT molecular complexity index is 717. The van der Waals surface area contributed by atoms with Crippen molar-refractivity contribution in [1.82, 2.24) is 4.57 Å². The molecule has 0 aliphatic carbocycles. The van der Waals surface area contributed by atoms with Gasteiger partial charge in [0, 0.05) is 13.1 Å². The van der Waals surface area contributed by atoms with Crippen LogP contribution in [0.25, 0.3) is 5.69 Å². The minimum absolute atomic E-state index is 0.236. The summed E-state index contributed by atoms with van der Waals surface area (Å²) >= 11 is 1.11. The van der Waals surface area contributed by atoms with E-state index in [1.807, 2.05) is 18.2 Å². The van der Waals surface area contributed by atoms with E-state index < -0.39 is 5.97 Å². The Hall–Kier alpha value is -2.21. The van der Waals surface area contributed by atoms with E-state index >= 15 is 0 Å². The maximum atomic E-state index is 12.1. The molecule has 0 atom stereocenters. The average molecular weight is 276 g/mol. The first-order chi connectivity index (χ1) is 9.17. The Morgan fingerprint density at radius 1 is 1.32 bits per heavy atom. The lowest BCUT2D eigenvalue weighted by Gasteiger charge is -2.06. The van der Waals surface area contributed by atoms with Gasteiger partial charge in [-0.15, -0.1) is 0 Å². The molecule has 5 nitrogen and oxygen atoms in total. The van der Waals surface area contributed by atoms with Crippen LogP contribution in [0, 0.1) is 0 Å². The van der Waals surface area contributed by atoms with Crippen LogP contribution in [0.15, 0.2) is 46.2 Å². The molecule has 0 unspecified atom stereocenters. The van der Waals surface area contributed by atoms with Gasteiger partial charge in [-0.2, -0.15) is 0 Å². The van der Waals surface area contributed by atoms with E-state index in [-0.39, 0.29) is 10.4 Å². The molecule has 0 aliphatic heterocycles. The Kier molecular flexibility index (Phi) is 3.91. The van der Waals surface area contributed by atoms with Gasteiger partial charge in [0.15, 0.2) is 4.80 Å². The molecule has 0 fully saturated rings. The third kappa shape index (κ3) is 2.63. The number of esters is 1. The minimum atomic E-state index is -0.535. The third-order valence-corrected chi connectivity index (χ3v) is 3.51. The van der Waals surface area contributed by atoms with Gasteiger partial charge in [0.2, 0.25) is 0 Å². The molecule has 0 spiro atoms. The van der Waals surface area contributed by atoms with Gasteiger partial charge in [0.25, 0.3) is 5.56 Å². The SMILES string of the molecule is CN=c1sc(C(=O)OC)cc(=O)n1-c1ccccc1. The fraction of sp³-hybridized carbons (Fsp3) is 0.154. The van der Waals surface area contributed by atoms with E-state index in [0.717, 1.165) is 11.3 Å². The van der Waals surface area contributed by atoms with Crippen molar-refractivity contribution in [2.24, 2.45) is 4.99 Å². The van der Waals surface area contributed by atoms with Crippen molar-refractivity contribution in [3.8, 4) is 5.69 Å². The monoisotopic (exact) mass is 276 g/mol. The number of hydrogen-bond acceptors (Lipinski definition) is 5. The number of nitrogens with zero attached hydrogens (tertiary/aromatic N) is 2. The lowest BCUT2D eigenvalue weighted by Crippen LogP contribution is -2.31. The predicted octanol–water partition coefficient (Wildman–Crippen LogP) is 1.22. The molecule has 0 bridgehead atoms. The summed E-state index contributed by atoms with van der Waals surface area (Å²) in [5.41, 5.74) is 0.395. The van der Waals surface area contributed by atoms with Crippen LogP contribution in [0.4, 0.5) is 0 Å². The van der Waals surface area contributed by atoms with Gasteiger partial charge < -0.3 is 4.74 Å². The van der Waals surface area contributed by atoms with Crippen LogP contribution in [0.1, 0.15) is 9.67 Å². The van der Waals surface area contributed by atoms with Crippen molar-refractivity contribution in [2.75, 3.05) is 14.2 Å². The van der Waals surface area contributed by atoms with E-state index in [1.54, 1.807) is 19.2 Å². The van der Waals surface area contributed by atoms with Gasteiger partial charge in [-0.3, -0.25) is 14.4 Å². The van der Waals surface area contributed by atoms with Gasteiger partial charge >= 0.3 is 5.97 Å². The van der Waals surface area contributed by atoms with E-state index in [0.29, 0.717) is 10.5 Å². The van der Waals surface area contributed by atoms with Gasteiger partial charge in [-0.05, 0) is 12.1 Å². The lowest BCUT2D eigenvalue weighted by molar-refractivity contribution is 0.0606. The molecule has 2 rings (SSSR count). The number of hydrogen-bond donors (Lipinski definition) is 0. The van der Waals surface area contributed by atoms with Crippen LogP contribution in [0.5, 0.6) is 0 Å². The van der Waals surface area contributed by atoms with Crippen molar-refractivity contribution >= 4 is 17.3 Å². The maximum absolute atomic E-state index is 12.1. The zero-order valence-electron chi connectivity index (χ0n) is 10.5. The molecule has 0 saturated heterocycles. The zero-order chi connectivity index (χ0) is 13.8. The highest BCUT2D eigenvalue weighted by atomic mass is 32.1. The van der Waals surface area contributed by atoms with Crippen molar-refractivity contribution in [3.63, 3.8) is 0 Å². The van der Waals surface area contributed by atoms with E-state index in [2.05, 4.69) is 9.73 Å². The topological polar surface area (TPSA) is 60.7 Å². The van der Waals surface area contributed by atoms with E-state index in [4.69, 9.17) is 0 Å². The highest BCUT2D eigenvalue weighted by Crippen LogP contribution is 2.05. The molecule has 2 aromatic rings. The molecule has 1 aromatic heterocycles. The number of rotatable bonds is 2. The molecule has 0 N–H and O–H groups in total. The van der Waals surface area contributed by atoms with Crippen LogP contribution in [-0.2, 0) is 4.74 Å². The average Bonchev–Trinajstić information content (AvgIpc) is 2.46. The number of aromatic nitrogens is 1. The molecule has 1 heterocycles. The lowest BCUT2D eigenvalue weighted by atomic mass is 10.3. The summed E-state index contributed by atoms with van der Waals surface area (Å²) in [5, 5.41) is 0. The van der Waals surface area contributed by atoms with Gasteiger partial charge in [0.05, 0.1) is 12.8 Å². The van der Waals surface area contributed by atoms with Crippen molar-refractivity contribution in [2.45, 2.75) is 0 Å². The highest BCUT2D eigenvalue weighted by molar-refractivity contribution is 7.11. The van der Waals surface area contributed by atoms with Crippen molar-refractivity contribution < 1.29 is 9.53 Å². The predicted molar refractivity (Wildman–Crippen MR) is 72.7 cm³/mol. The quantitative estimate of drug-likeness (QED) is 0.775. The second-order valence-corrected chi connectivity index (χ2v) is 4.63. The van der Waals surface area contributed by atoms with Crippen molar-refractivity contribution in [1.29, 1.82) is 0 Å². The van der Waals surface area contributed by atoms with Crippen LogP contribution < -0.4 is 10.4 Å². The molecule has 0 saturated carbocycles.